The molecule has 0 aliphatic rings. The fourth-order valence-corrected chi connectivity index (χ4v) is 4.05. The second kappa shape index (κ2) is 37.2. The lowest BCUT2D eigenvalue weighted by atomic mass is 10.2. The van der Waals surface area contributed by atoms with Gasteiger partial charge >= 0.3 is 5.97 Å². The summed E-state index contributed by atoms with van der Waals surface area (Å²) in [4.78, 5) is 12.1. The van der Waals surface area contributed by atoms with Gasteiger partial charge in [0.15, 0.2) is 0 Å². The number of hydrogen-bond acceptors (Lipinski definition) is 4. The molecule has 45 heavy (non-hydrogen) atoms. The zero-order valence-corrected chi connectivity index (χ0v) is 28.6. The molecule has 4 nitrogen and oxygen atoms in total. The van der Waals surface area contributed by atoms with E-state index < -0.39 is 6.10 Å². The number of aliphatic hydroxyl groups is 1. The van der Waals surface area contributed by atoms with Gasteiger partial charge in [-0.1, -0.05) is 123 Å². The second-order valence-electron chi connectivity index (χ2n) is 10.8. The van der Waals surface area contributed by atoms with E-state index in [4.69, 9.17) is 9.47 Å². The molecule has 0 bridgehead atoms. The van der Waals surface area contributed by atoms with E-state index in [0.717, 1.165) is 96.3 Å². The van der Waals surface area contributed by atoms with Gasteiger partial charge in [0.05, 0.1) is 13.2 Å². The number of rotatable bonds is 30. The van der Waals surface area contributed by atoms with Crippen LogP contribution < -0.4 is 0 Å². The van der Waals surface area contributed by atoms with Crippen molar-refractivity contribution in [1.82, 2.24) is 0 Å². The Bertz CT molecular complexity index is 914. The first-order valence-corrected chi connectivity index (χ1v) is 17.5. The van der Waals surface area contributed by atoms with E-state index >= 15 is 0 Å². The lowest BCUT2D eigenvalue weighted by Gasteiger charge is -2.15. The predicted molar refractivity (Wildman–Crippen MR) is 195 cm³/mol. The minimum atomic E-state index is -0.585. The molecule has 0 fully saturated rings. The zero-order chi connectivity index (χ0) is 32.7. The standard InChI is InChI=1S/C41H64O4/c1-3-5-7-9-11-13-15-17-19-20-21-23-25-27-29-31-33-35-37-44-39-40(38-42)45-41(43)36-34-32-30-28-26-24-22-18-16-14-12-10-8-6-4-2/h5-8,11-14,17-19,21-23,26-29,40,42H,3-4,9-10,15-16,20,24-25,30-39H2,1-2H3/b7-5-,8-6-,13-11-,14-12-,19-17-,22-18-,23-21-,28-26-,29-27-. The Labute approximate surface area is 276 Å². The minimum absolute atomic E-state index is 0.215. The van der Waals surface area contributed by atoms with Gasteiger partial charge in [0, 0.05) is 13.0 Å². The lowest BCUT2D eigenvalue weighted by molar-refractivity contribution is -0.154. The van der Waals surface area contributed by atoms with Crippen LogP contribution >= 0.6 is 0 Å². The number of esters is 1. The maximum absolute atomic E-state index is 12.1. The highest BCUT2D eigenvalue weighted by Crippen LogP contribution is 2.06. The predicted octanol–water partition coefficient (Wildman–Crippen LogP) is 11.2. The Hall–Kier alpha value is -2.95. The molecular weight excluding hydrogens is 556 g/mol. The van der Waals surface area contributed by atoms with E-state index in [1.807, 2.05) is 0 Å². The Morgan fingerprint density at radius 3 is 1.31 bits per heavy atom. The molecule has 0 amide bonds. The molecule has 252 valence electrons. The maximum Gasteiger partial charge on any atom is 0.306 e. The van der Waals surface area contributed by atoms with Gasteiger partial charge in [-0.05, 0) is 96.3 Å². The van der Waals surface area contributed by atoms with Crippen molar-refractivity contribution in [1.29, 1.82) is 0 Å². The third-order valence-electron chi connectivity index (χ3n) is 6.59. The van der Waals surface area contributed by atoms with Crippen molar-refractivity contribution in [3.05, 3.63) is 109 Å². The molecule has 1 atom stereocenters. The number of ether oxygens (including phenoxy) is 2. The van der Waals surface area contributed by atoms with Crippen molar-refractivity contribution in [2.45, 2.75) is 123 Å². The van der Waals surface area contributed by atoms with Gasteiger partial charge in [-0.25, -0.2) is 0 Å². The summed E-state index contributed by atoms with van der Waals surface area (Å²) in [6.45, 7) is 4.93. The Morgan fingerprint density at radius 1 is 0.533 bits per heavy atom. The molecule has 0 heterocycles. The van der Waals surface area contributed by atoms with Crippen LogP contribution in [0.1, 0.15) is 117 Å². The molecule has 0 spiro atoms. The number of aliphatic hydroxyl groups excluding tert-OH is 1. The monoisotopic (exact) mass is 620 g/mol. The molecule has 0 rings (SSSR count). The van der Waals surface area contributed by atoms with Crippen LogP contribution in [0.3, 0.4) is 0 Å². The molecule has 0 radical (unpaired) electrons. The number of carbonyl (C=O) groups is 1. The molecule has 0 saturated heterocycles. The van der Waals surface area contributed by atoms with Gasteiger partial charge < -0.3 is 14.6 Å². The van der Waals surface area contributed by atoms with Crippen molar-refractivity contribution in [3.8, 4) is 0 Å². The summed E-state index contributed by atoms with van der Waals surface area (Å²) in [6, 6.07) is 0. The molecule has 0 aromatic carbocycles. The first-order chi connectivity index (χ1) is 22.2. The van der Waals surface area contributed by atoms with E-state index in [9.17, 15) is 9.90 Å². The second-order valence-corrected chi connectivity index (χ2v) is 10.8. The topological polar surface area (TPSA) is 55.8 Å². The fraction of sp³-hybridized carbons (Fsp3) is 0.537. The summed E-state index contributed by atoms with van der Waals surface area (Å²) < 4.78 is 11.0. The van der Waals surface area contributed by atoms with Crippen LogP contribution in [-0.4, -0.2) is 37.0 Å². The average Bonchev–Trinajstić information content (AvgIpc) is 3.05. The van der Waals surface area contributed by atoms with Crippen LogP contribution in [0.2, 0.25) is 0 Å². The van der Waals surface area contributed by atoms with Gasteiger partial charge in [0.25, 0.3) is 0 Å². The molecule has 0 aromatic rings. The van der Waals surface area contributed by atoms with E-state index in [0.29, 0.717) is 13.0 Å². The third-order valence-corrected chi connectivity index (χ3v) is 6.59. The average molecular weight is 621 g/mol. The smallest absolute Gasteiger partial charge is 0.306 e. The molecule has 0 saturated carbocycles. The third kappa shape index (κ3) is 35.4. The highest BCUT2D eigenvalue weighted by Gasteiger charge is 2.13. The van der Waals surface area contributed by atoms with Gasteiger partial charge in [-0.2, -0.15) is 0 Å². The Balaban J connectivity index is 3.68. The van der Waals surface area contributed by atoms with Gasteiger partial charge in [-0.3, -0.25) is 4.79 Å². The molecule has 1 unspecified atom stereocenters. The van der Waals surface area contributed by atoms with Crippen molar-refractivity contribution in [3.63, 3.8) is 0 Å². The van der Waals surface area contributed by atoms with Gasteiger partial charge in [0.2, 0.25) is 0 Å². The Kier molecular flexibility index (Phi) is 34.8. The SMILES string of the molecule is CC/C=C\C/C=C\C/C=C\C/C=C\C/C=C\CCCCOCC(CO)OC(=O)CCCC/C=C\C/C=C\C/C=C\C/C=C\CC. The molecule has 4 heteroatoms. The first-order valence-electron chi connectivity index (χ1n) is 17.5. The fourth-order valence-electron chi connectivity index (χ4n) is 4.05. The van der Waals surface area contributed by atoms with Crippen molar-refractivity contribution in [2.75, 3.05) is 19.8 Å². The van der Waals surface area contributed by atoms with Crippen LogP contribution in [0.5, 0.6) is 0 Å². The van der Waals surface area contributed by atoms with Crippen molar-refractivity contribution >= 4 is 5.97 Å². The molecule has 0 aliphatic heterocycles. The van der Waals surface area contributed by atoms with Crippen molar-refractivity contribution < 1.29 is 19.4 Å². The zero-order valence-electron chi connectivity index (χ0n) is 28.6. The summed E-state index contributed by atoms with van der Waals surface area (Å²) >= 11 is 0. The maximum atomic E-state index is 12.1. The summed E-state index contributed by atoms with van der Waals surface area (Å²) in [7, 11) is 0. The highest BCUT2D eigenvalue weighted by molar-refractivity contribution is 5.69. The summed E-state index contributed by atoms with van der Waals surface area (Å²) in [5.74, 6) is -0.263. The van der Waals surface area contributed by atoms with Crippen LogP contribution in [-0.2, 0) is 14.3 Å². The quantitative estimate of drug-likeness (QED) is 0.0493. The number of unbranched alkanes of at least 4 members (excludes halogenated alkanes) is 4. The first kappa shape index (κ1) is 42.0. The van der Waals surface area contributed by atoms with Gasteiger partial charge in [-0.15, -0.1) is 0 Å². The van der Waals surface area contributed by atoms with E-state index in [-0.39, 0.29) is 19.2 Å². The summed E-state index contributed by atoms with van der Waals surface area (Å²) in [5.41, 5.74) is 0. The molecular formula is C41H64O4. The molecule has 0 aromatic heterocycles. The van der Waals surface area contributed by atoms with Crippen LogP contribution in [0, 0.1) is 0 Å². The summed E-state index contributed by atoms with van der Waals surface area (Å²) in [5, 5.41) is 9.54. The van der Waals surface area contributed by atoms with E-state index in [2.05, 4.69) is 123 Å². The molecule has 1 N–H and O–H groups in total. The van der Waals surface area contributed by atoms with Crippen LogP contribution in [0.25, 0.3) is 0 Å². The Morgan fingerprint density at radius 2 is 0.911 bits per heavy atom. The normalized spacial score (nSPS) is 13.8. The van der Waals surface area contributed by atoms with E-state index in [1.54, 1.807) is 0 Å². The number of hydrogen-bond donors (Lipinski definition) is 1. The minimum Gasteiger partial charge on any atom is -0.457 e. The molecule has 0 aliphatic carbocycles. The summed E-state index contributed by atoms with van der Waals surface area (Å²) in [6.07, 6.45) is 54.2. The lowest BCUT2D eigenvalue weighted by Crippen LogP contribution is -2.27. The van der Waals surface area contributed by atoms with Crippen LogP contribution in [0.15, 0.2) is 109 Å². The van der Waals surface area contributed by atoms with Crippen LogP contribution in [0.4, 0.5) is 0 Å². The number of allylic oxidation sites excluding steroid dienone is 18. The highest BCUT2D eigenvalue weighted by atomic mass is 16.6. The van der Waals surface area contributed by atoms with Crippen molar-refractivity contribution in [2.24, 2.45) is 0 Å². The van der Waals surface area contributed by atoms with Gasteiger partial charge in [0.1, 0.15) is 6.10 Å². The number of carbonyl (C=O) groups excluding carboxylic acids is 1. The largest absolute Gasteiger partial charge is 0.457 e. The van der Waals surface area contributed by atoms with E-state index in [1.165, 1.54) is 0 Å².